The second-order valence-corrected chi connectivity index (χ2v) is 4.12. The molecular formula is C10H15ClN2O. The minimum absolute atomic E-state index is 0.422. The van der Waals surface area contributed by atoms with Gasteiger partial charge in [0.15, 0.2) is 5.15 Å². The first-order chi connectivity index (χ1) is 6.74. The SMILES string of the molecule is CCCc1nc(Cl)c2n1CCCC2O. The third kappa shape index (κ3) is 1.55. The van der Waals surface area contributed by atoms with E-state index >= 15 is 0 Å². The number of aliphatic hydroxyl groups excluding tert-OH is 1. The van der Waals surface area contributed by atoms with Gasteiger partial charge in [0.05, 0.1) is 11.8 Å². The van der Waals surface area contributed by atoms with Gasteiger partial charge in [0.1, 0.15) is 5.82 Å². The summed E-state index contributed by atoms with van der Waals surface area (Å²) in [4.78, 5) is 4.30. The fourth-order valence-electron chi connectivity index (χ4n) is 2.04. The van der Waals surface area contributed by atoms with Crippen LogP contribution in [0.15, 0.2) is 0 Å². The van der Waals surface area contributed by atoms with Gasteiger partial charge in [-0.2, -0.15) is 0 Å². The minimum atomic E-state index is -0.422. The molecule has 1 unspecified atom stereocenters. The quantitative estimate of drug-likeness (QED) is 0.821. The molecule has 0 aromatic carbocycles. The van der Waals surface area contributed by atoms with Crippen LogP contribution in [0.5, 0.6) is 0 Å². The molecule has 1 aliphatic rings. The van der Waals surface area contributed by atoms with Gasteiger partial charge < -0.3 is 9.67 Å². The second-order valence-electron chi connectivity index (χ2n) is 3.76. The Morgan fingerprint density at radius 1 is 1.64 bits per heavy atom. The Kier molecular flexibility index (Phi) is 2.79. The van der Waals surface area contributed by atoms with Crippen molar-refractivity contribution in [1.29, 1.82) is 0 Å². The van der Waals surface area contributed by atoms with Gasteiger partial charge in [0, 0.05) is 13.0 Å². The largest absolute Gasteiger partial charge is 0.387 e. The Morgan fingerprint density at radius 2 is 2.43 bits per heavy atom. The van der Waals surface area contributed by atoms with Crippen molar-refractivity contribution >= 4 is 11.6 Å². The molecule has 1 aromatic rings. The van der Waals surface area contributed by atoms with Crippen LogP contribution in [0.25, 0.3) is 0 Å². The third-order valence-corrected chi connectivity index (χ3v) is 2.97. The molecule has 1 aromatic heterocycles. The lowest BCUT2D eigenvalue weighted by molar-refractivity contribution is 0.138. The molecule has 3 nitrogen and oxygen atoms in total. The second kappa shape index (κ2) is 3.91. The van der Waals surface area contributed by atoms with Crippen molar-refractivity contribution in [3.8, 4) is 0 Å². The van der Waals surface area contributed by atoms with Gasteiger partial charge in [-0.05, 0) is 19.3 Å². The minimum Gasteiger partial charge on any atom is -0.387 e. The summed E-state index contributed by atoms with van der Waals surface area (Å²) >= 11 is 6.00. The molecule has 0 fully saturated rings. The van der Waals surface area contributed by atoms with Crippen LogP contribution >= 0.6 is 11.6 Å². The number of hydrogen-bond acceptors (Lipinski definition) is 2. The molecular weight excluding hydrogens is 200 g/mol. The molecule has 1 aliphatic heterocycles. The summed E-state index contributed by atoms with van der Waals surface area (Å²) in [6.07, 6.45) is 3.39. The van der Waals surface area contributed by atoms with Crippen LogP contribution in [0.3, 0.4) is 0 Å². The summed E-state index contributed by atoms with van der Waals surface area (Å²) < 4.78 is 2.08. The van der Waals surface area contributed by atoms with E-state index < -0.39 is 6.10 Å². The highest BCUT2D eigenvalue weighted by molar-refractivity contribution is 6.30. The van der Waals surface area contributed by atoms with Gasteiger partial charge >= 0.3 is 0 Å². The summed E-state index contributed by atoms with van der Waals surface area (Å²) in [6, 6.07) is 0. The average molecular weight is 215 g/mol. The Labute approximate surface area is 88.7 Å². The molecule has 78 valence electrons. The van der Waals surface area contributed by atoms with Crippen LogP contribution in [0, 0.1) is 0 Å². The molecule has 0 aliphatic carbocycles. The van der Waals surface area contributed by atoms with Gasteiger partial charge in [-0.3, -0.25) is 0 Å². The van der Waals surface area contributed by atoms with Crippen molar-refractivity contribution in [3.05, 3.63) is 16.7 Å². The number of hydrogen-bond donors (Lipinski definition) is 1. The first kappa shape index (κ1) is 9.99. The molecule has 0 saturated heterocycles. The Bertz CT molecular complexity index is 335. The monoisotopic (exact) mass is 214 g/mol. The fraction of sp³-hybridized carbons (Fsp3) is 0.700. The molecule has 4 heteroatoms. The molecule has 2 heterocycles. The molecule has 0 radical (unpaired) electrons. The van der Waals surface area contributed by atoms with Crippen LogP contribution in [0.1, 0.15) is 43.8 Å². The van der Waals surface area contributed by atoms with E-state index in [1.54, 1.807) is 0 Å². The van der Waals surface area contributed by atoms with E-state index in [1.165, 1.54) is 0 Å². The van der Waals surface area contributed by atoms with E-state index in [0.29, 0.717) is 5.15 Å². The highest BCUT2D eigenvalue weighted by Gasteiger charge is 2.24. The highest BCUT2D eigenvalue weighted by Crippen LogP contribution is 2.31. The zero-order valence-electron chi connectivity index (χ0n) is 8.33. The van der Waals surface area contributed by atoms with Crippen molar-refractivity contribution in [2.75, 3.05) is 0 Å². The number of rotatable bonds is 2. The van der Waals surface area contributed by atoms with Gasteiger partial charge in [-0.1, -0.05) is 18.5 Å². The van der Waals surface area contributed by atoms with Gasteiger partial charge in [0.2, 0.25) is 0 Å². The lowest BCUT2D eigenvalue weighted by Crippen LogP contribution is -2.17. The number of aliphatic hydroxyl groups is 1. The van der Waals surface area contributed by atoms with Crippen molar-refractivity contribution < 1.29 is 5.11 Å². The highest BCUT2D eigenvalue weighted by atomic mass is 35.5. The van der Waals surface area contributed by atoms with Crippen molar-refractivity contribution in [3.63, 3.8) is 0 Å². The van der Waals surface area contributed by atoms with Crippen LogP contribution in [0.4, 0.5) is 0 Å². The number of aryl methyl sites for hydroxylation is 1. The Morgan fingerprint density at radius 3 is 3.14 bits per heavy atom. The van der Waals surface area contributed by atoms with Crippen molar-refractivity contribution in [2.24, 2.45) is 0 Å². The summed E-state index contributed by atoms with van der Waals surface area (Å²) in [5.74, 6) is 1.02. The molecule has 1 N–H and O–H groups in total. The maximum atomic E-state index is 9.78. The number of nitrogens with zero attached hydrogens (tertiary/aromatic N) is 2. The maximum Gasteiger partial charge on any atom is 0.153 e. The topological polar surface area (TPSA) is 38.0 Å². The first-order valence-corrected chi connectivity index (χ1v) is 5.54. The zero-order chi connectivity index (χ0) is 10.1. The van der Waals surface area contributed by atoms with E-state index in [0.717, 1.165) is 43.7 Å². The first-order valence-electron chi connectivity index (χ1n) is 5.17. The summed E-state index contributed by atoms with van der Waals surface area (Å²) in [7, 11) is 0. The molecule has 0 bridgehead atoms. The molecule has 2 rings (SSSR count). The van der Waals surface area contributed by atoms with Crippen molar-refractivity contribution in [2.45, 2.75) is 45.3 Å². The summed E-state index contributed by atoms with van der Waals surface area (Å²) in [6.45, 7) is 3.07. The van der Waals surface area contributed by atoms with E-state index in [4.69, 9.17) is 11.6 Å². The van der Waals surface area contributed by atoms with Gasteiger partial charge in [-0.25, -0.2) is 4.98 Å². The number of aromatic nitrogens is 2. The molecule has 0 spiro atoms. The van der Waals surface area contributed by atoms with E-state index in [2.05, 4.69) is 16.5 Å². The standard InChI is InChI=1S/C10H15ClN2O/c1-2-4-8-12-10(11)9-7(14)5-3-6-13(8)9/h7,14H,2-6H2,1H3. The summed E-state index contributed by atoms with van der Waals surface area (Å²) in [5.41, 5.74) is 0.821. The lowest BCUT2D eigenvalue weighted by Gasteiger charge is -2.21. The van der Waals surface area contributed by atoms with Crippen LogP contribution in [-0.2, 0) is 13.0 Å². The van der Waals surface area contributed by atoms with Gasteiger partial charge in [0.25, 0.3) is 0 Å². The maximum absolute atomic E-state index is 9.78. The van der Waals surface area contributed by atoms with E-state index in [1.807, 2.05) is 0 Å². The molecule has 0 saturated carbocycles. The molecule has 14 heavy (non-hydrogen) atoms. The zero-order valence-corrected chi connectivity index (χ0v) is 9.09. The Balaban J connectivity index is 2.41. The fourth-order valence-corrected chi connectivity index (χ4v) is 2.37. The molecule has 1 atom stereocenters. The van der Waals surface area contributed by atoms with E-state index in [-0.39, 0.29) is 0 Å². The molecule has 0 amide bonds. The number of halogens is 1. The normalized spacial score (nSPS) is 20.9. The van der Waals surface area contributed by atoms with E-state index in [9.17, 15) is 5.11 Å². The average Bonchev–Trinajstić information content (AvgIpc) is 2.46. The van der Waals surface area contributed by atoms with Crippen LogP contribution in [0.2, 0.25) is 5.15 Å². The Hall–Kier alpha value is -0.540. The third-order valence-electron chi connectivity index (χ3n) is 2.69. The van der Waals surface area contributed by atoms with Crippen LogP contribution in [-0.4, -0.2) is 14.7 Å². The number of imidazole rings is 1. The van der Waals surface area contributed by atoms with Gasteiger partial charge in [-0.15, -0.1) is 0 Å². The smallest absolute Gasteiger partial charge is 0.153 e. The summed E-state index contributed by atoms with van der Waals surface area (Å²) in [5, 5.41) is 10.3. The lowest BCUT2D eigenvalue weighted by atomic mass is 10.1. The predicted octanol–water partition coefficient (Wildman–Crippen LogP) is 2.32. The number of fused-ring (bicyclic) bond motifs is 1. The predicted molar refractivity (Wildman–Crippen MR) is 55.4 cm³/mol. The van der Waals surface area contributed by atoms with Crippen LogP contribution < -0.4 is 0 Å². The van der Waals surface area contributed by atoms with Crippen molar-refractivity contribution in [1.82, 2.24) is 9.55 Å².